The van der Waals surface area contributed by atoms with Crippen molar-refractivity contribution < 1.29 is 47.2 Å². The fraction of sp³-hybridized carbons (Fsp3) is 0.222. The summed E-state index contributed by atoms with van der Waals surface area (Å²) < 4.78 is 0.807. The summed E-state index contributed by atoms with van der Waals surface area (Å²) in [5, 5.41) is 0. The van der Waals surface area contributed by atoms with Gasteiger partial charge in [-0.15, -0.1) is 0 Å². The van der Waals surface area contributed by atoms with Crippen LogP contribution in [0.25, 0.3) is 16.7 Å². The van der Waals surface area contributed by atoms with Gasteiger partial charge in [-0.25, -0.2) is 0 Å². The smallest absolute Gasteiger partial charge is 1.00 e. The molecule has 0 nitrogen and oxygen atoms in total. The molecule has 1 aliphatic rings. The van der Waals surface area contributed by atoms with Crippen LogP contribution in [0.15, 0.2) is 54.6 Å². The molecular formula is C18H19Cl2SiZr. The Balaban J connectivity index is 0.00000121. The second kappa shape index (κ2) is 8.64. The molecule has 0 spiro atoms. The summed E-state index contributed by atoms with van der Waals surface area (Å²) in [5.41, 5.74) is 7.39. The summed E-state index contributed by atoms with van der Waals surface area (Å²) >= 11 is -0.286. The van der Waals surface area contributed by atoms with Crippen LogP contribution in [-0.4, -0.2) is 5.92 Å². The van der Waals surface area contributed by atoms with E-state index in [0.717, 1.165) is 3.63 Å². The number of rotatable bonds is 3. The van der Waals surface area contributed by atoms with Gasteiger partial charge in [0.2, 0.25) is 0 Å². The zero-order chi connectivity index (χ0) is 14.1. The summed E-state index contributed by atoms with van der Waals surface area (Å²) in [6, 6.07) is 17.7. The van der Waals surface area contributed by atoms with Crippen molar-refractivity contribution in [1.82, 2.24) is 0 Å². The van der Waals surface area contributed by atoms with Crippen LogP contribution in [0.4, 0.5) is 0 Å². The molecule has 0 aliphatic heterocycles. The molecule has 0 aromatic heterocycles. The molecule has 0 heterocycles. The van der Waals surface area contributed by atoms with E-state index in [0.29, 0.717) is 0 Å². The van der Waals surface area contributed by atoms with Gasteiger partial charge < -0.3 is 24.8 Å². The molecule has 0 fully saturated rings. The SMILES string of the molecule is CC1=C[CH]([Zr+2][Si](C)C)c2cccc(-c3ccccc3)c21.[Cl-].[Cl-]. The van der Waals surface area contributed by atoms with Crippen molar-refractivity contribution in [3.63, 3.8) is 0 Å². The molecule has 2 aromatic rings. The fourth-order valence-electron chi connectivity index (χ4n) is 2.98. The summed E-state index contributed by atoms with van der Waals surface area (Å²) in [6.45, 7) is 7.26. The standard InChI is InChI=1S/C16H13.C2H6Si.2ClH.Zr/c1-12-10-11-14-8-5-9-15(16(12)14)13-6-3-2-4-7-13;1-3-2;;;/h2-11H,1H3;1-2H3;2*1H;/q;;;;+2/p-2. The molecule has 1 atom stereocenters. The van der Waals surface area contributed by atoms with E-state index in [-0.39, 0.29) is 53.1 Å². The van der Waals surface area contributed by atoms with Crippen LogP contribution in [0.1, 0.15) is 21.7 Å². The van der Waals surface area contributed by atoms with Crippen molar-refractivity contribution in [2.75, 3.05) is 0 Å². The molecule has 0 N–H and O–H groups in total. The van der Waals surface area contributed by atoms with E-state index in [1.54, 1.807) is 5.56 Å². The minimum atomic E-state index is -0.286. The molecule has 0 saturated carbocycles. The van der Waals surface area contributed by atoms with E-state index in [2.05, 4.69) is 74.6 Å². The van der Waals surface area contributed by atoms with Gasteiger partial charge in [-0.05, 0) is 0 Å². The molecule has 4 heteroatoms. The number of fused-ring (bicyclic) bond motifs is 1. The molecule has 113 valence electrons. The number of benzene rings is 2. The van der Waals surface area contributed by atoms with E-state index < -0.39 is 0 Å². The zero-order valence-electron chi connectivity index (χ0n) is 13.0. The van der Waals surface area contributed by atoms with Gasteiger partial charge in [0.25, 0.3) is 0 Å². The van der Waals surface area contributed by atoms with Crippen molar-refractivity contribution in [3.8, 4) is 11.1 Å². The first-order valence-electron chi connectivity index (χ1n) is 7.10. The van der Waals surface area contributed by atoms with Crippen molar-refractivity contribution in [1.29, 1.82) is 0 Å². The maximum absolute atomic E-state index is 2.56. The first-order valence-corrected chi connectivity index (χ1v) is 14.7. The van der Waals surface area contributed by atoms with Gasteiger partial charge >= 0.3 is 134 Å². The van der Waals surface area contributed by atoms with Crippen LogP contribution >= 0.6 is 0 Å². The van der Waals surface area contributed by atoms with Crippen LogP contribution in [0.5, 0.6) is 0 Å². The summed E-state index contributed by atoms with van der Waals surface area (Å²) in [7, 11) is 0. The summed E-state index contributed by atoms with van der Waals surface area (Å²) in [6.07, 6.45) is 2.56. The van der Waals surface area contributed by atoms with E-state index >= 15 is 0 Å². The van der Waals surface area contributed by atoms with Crippen LogP contribution in [0.3, 0.4) is 0 Å². The Morgan fingerprint density at radius 3 is 2.23 bits per heavy atom. The first kappa shape index (κ1) is 19.9. The Kier molecular flexibility index (Phi) is 7.82. The van der Waals surface area contributed by atoms with E-state index in [4.69, 9.17) is 0 Å². The van der Waals surface area contributed by atoms with E-state index in [9.17, 15) is 0 Å². The number of halogens is 2. The molecule has 2 aromatic carbocycles. The Morgan fingerprint density at radius 2 is 1.59 bits per heavy atom. The van der Waals surface area contributed by atoms with E-state index in [1.165, 1.54) is 22.3 Å². The molecule has 0 amide bonds. The third kappa shape index (κ3) is 4.03. The van der Waals surface area contributed by atoms with Crippen molar-refractivity contribution in [3.05, 3.63) is 65.7 Å². The summed E-state index contributed by atoms with van der Waals surface area (Å²) in [4.78, 5) is 0. The average molecular weight is 426 g/mol. The largest absolute Gasteiger partial charge is 1.00 e. The predicted molar refractivity (Wildman–Crippen MR) is 85.8 cm³/mol. The molecule has 22 heavy (non-hydrogen) atoms. The van der Waals surface area contributed by atoms with Gasteiger partial charge in [0.05, 0.1) is 0 Å². The van der Waals surface area contributed by atoms with Gasteiger partial charge in [0, 0.05) is 0 Å². The van der Waals surface area contributed by atoms with Crippen molar-refractivity contribution >= 4 is 11.5 Å². The van der Waals surface area contributed by atoms with Gasteiger partial charge in [-0.2, -0.15) is 0 Å². The third-order valence-corrected chi connectivity index (χ3v) is 12.4. The minimum Gasteiger partial charge on any atom is -1.00 e. The fourth-order valence-corrected chi connectivity index (χ4v) is 11.4. The number of hydrogen-bond acceptors (Lipinski definition) is 0. The van der Waals surface area contributed by atoms with Gasteiger partial charge in [0.1, 0.15) is 0 Å². The van der Waals surface area contributed by atoms with Gasteiger partial charge in [-0.1, -0.05) is 0 Å². The Morgan fingerprint density at radius 1 is 0.909 bits per heavy atom. The second-order valence-electron chi connectivity index (χ2n) is 5.61. The van der Waals surface area contributed by atoms with Gasteiger partial charge in [0.15, 0.2) is 0 Å². The minimum absolute atomic E-state index is 0. The number of allylic oxidation sites excluding steroid dienone is 2. The molecule has 0 saturated heterocycles. The molecule has 1 unspecified atom stereocenters. The number of hydrogen-bond donors (Lipinski definition) is 0. The predicted octanol–water partition coefficient (Wildman–Crippen LogP) is -0.847. The van der Waals surface area contributed by atoms with Crippen LogP contribution in [-0.2, 0) is 22.4 Å². The first-order chi connectivity index (χ1) is 9.66. The molecule has 1 aliphatic carbocycles. The Labute approximate surface area is 158 Å². The van der Waals surface area contributed by atoms with Crippen molar-refractivity contribution in [2.24, 2.45) is 0 Å². The quantitative estimate of drug-likeness (QED) is 0.563. The monoisotopic (exact) mass is 423 g/mol. The van der Waals surface area contributed by atoms with Crippen LogP contribution in [0.2, 0.25) is 13.1 Å². The normalized spacial score (nSPS) is 15.3. The van der Waals surface area contributed by atoms with Crippen LogP contribution in [0, 0.1) is 0 Å². The molecule has 1 radical (unpaired) electrons. The second-order valence-corrected chi connectivity index (χ2v) is 18.9. The molecule has 3 rings (SSSR count). The molecule has 0 bridgehead atoms. The topological polar surface area (TPSA) is 0 Å². The maximum Gasteiger partial charge on any atom is -1.00 e. The van der Waals surface area contributed by atoms with Gasteiger partial charge in [-0.3, -0.25) is 0 Å². The third-order valence-electron chi connectivity index (χ3n) is 3.77. The maximum atomic E-state index is 2.56. The Bertz CT molecular complexity index is 653. The summed E-state index contributed by atoms with van der Waals surface area (Å²) in [5.74, 6) is -0.0337. The molecular weight excluding hydrogens is 406 g/mol. The van der Waals surface area contributed by atoms with Crippen molar-refractivity contribution in [2.45, 2.75) is 23.6 Å². The average Bonchev–Trinajstić information content (AvgIpc) is 2.76. The Hall–Kier alpha value is -0.140. The zero-order valence-corrected chi connectivity index (χ0v) is 18.0. The van der Waals surface area contributed by atoms with E-state index in [1.807, 2.05) is 0 Å². The van der Waals surface area contributed by atoms with Crippen LogP contribution < -0.4 is 24.8 Å².